The fourth-order valence-electron chi connectivity index (χ4n) is 1.68. The highest BCUT2D eigenvalue weighted by Gasteiger charge is 2.15. The maximum atomic E-state index is 5.63. The van der Waals surface area contributed by atoms with Crippen molar-refractivity contribution in [1.29, 1.82) is 0 Å². The number of rotatable bonds is 2. The zero-order valence-corrected chi connectivity index (χ0v) is 9.65. The first-order valence-electron chi connectivity index (χ1n) is 5.89. The molecule has 1 fully saturated rings. The average molecular weight is 208 g/mol. The molecular weight excluding hydrogens is 188 g/mol. The molecule has 0 aromatic carbocycles. The summed E-state index contributed by atoms with van der Waals surface area (Å²) in [7, 11) is 0. The van der Waals surface area contributed by atoms with E-state index in [0.29, 0.717) is 12.1 Å². The van der Waals surface area contributed by atoms with Crippen molar-refractivity contribution in [3.63, 3.8) is 0 Å². The van der Waals surface area contributed by atoms with Crippen molar-refractivity contribution >= 4 is 0 Å². The van der Waals surface area contributed by atoms with E-state index in [2.05, 4.69) is 9.97 Å². The van der Waals surface area contributed by atoms with Crippen LogP contribution in [0.15, 0.2) is 18.5 Å². The summed E-state index contributed by atoms with van der Waals surface area (Å²) in [4.78, 5) is 8.08. The molecule has 0 spiro atoms. The summed E-state index contributed by atoms with van der Waals surface area (Å²) < 4.78 is 5.63. The molecule has 0 aliphatic heterocycles. The number of aromatic nitrogens is 2. The third kappa shape index (κ3) is 4.28. The Bertz CT molecular complexity index is 245. The number of hydrogen-bond donors (Lipinski definition) is 0. The molecule has 1 heterocycles. The smallest absolute Gasteiger partial charge is 0.316 e. The van der Waals surface area contributed by atoms with E-state index in [4.69, 9.17) is 4.74 Å². The highest BCUT2D eigenvalue weighted by Crippen LogP contribution is 2.20. The summed E-state index contributed by atoms with van der Waals surface area (Å²) in [6, 6.07) is 2.32. The summed E-state index contributed by atoms with van der Waals surface area (Å²) in [5.74, 6) is 0. The van der Waals surface area contributed by atoms with Crippen molar-refractivity contribution in [2.75, 3.05) is 0 Å². The van der Waals surface area contributed by atoms with Gasteiger partial charge in [-0.1, -0.05) is 20.3 Å². The van der Waals surface area contributed by atoms with Gasteiger partial charge in [-0.3, -0.25) is 0 Å². The van der Waals surface area contributed by atoms with Gasteiger partial charge in [0.25, 0.3) is 0 Å². The number of ether oxygens (including phenoxy) is 1. The molecular formula is C12H20N2O. The van der Waals surface area contributed by atoms with Gasteiger partial charge in [-0.2, -0.15) is 0 Å². The predicted octanol–water partition coefficient (Wildman–Crippen LogP) is 3.21. The molecule has 0 unspecified atom stereocenters. The van der Waals surface area contributed by atoms with Crippen LogP contribution in [0.2, 0.25) is 0 Å². The van der Waals surface area contributed by atoms with E-state index in [1.54, 1.807) is 18.5 Å². The Morgan fingerprint density at radius 3 is 2.27 bits per heavy atom. The maximum absolute atomic E-state index is 5.63. The Hall–Kier alpha value is -1.12. The second kappa shape index (κ2) is 7.21. The highest BCUT2D eigenvalue weighted by atomic mass is 16.5. The Kier molecular flexibility index (Phi) is 5.74. The molecule has 84 valence electrons. The molecule has 0 saturated heterocycles. The first kappa shape index (κ1) is 12.0. The fraction of sp³-hybridized carbons (Fsp3) is 0.667. The van der Waals surface area contributed by atoms with E-state index >= 15 is 0 Å². The van der Waals surface area contributed by atoms with Gasteiger partial charge in [-0.05, 0) is 31.7 Å². The predicted molar refractivity (Wildman–Crippen MR) is 60.9 cm³/mol. The topological polar surface area (TPSA) is 35.0 Å². The molecule has 0 radical (unpaired) electrons. The molecule has 0 atom stereocenters. The SMILES string of the molecule is CC.c1cnc(OC2CCCCC2)nc1. The third-order valence-corrected chi connectivity index (χ3v) is 2.37. The van der Waals surface area contributed by atoms with Gasteiger partial charge in [-0.15, -0.1) is 0 Å². The van der Waals surface area contributed by atoms with Crippen LogP contribution in [-0.4, -0.2) is 16.1 Å². The van der Waals surface area contributed by atoms with Gasteiger partial charge in [0.05, 0.1) is 0 Å². The molecule has 0 amide bonds. The molecule has 3 heteroatoms. The summed E-state index contributed by atoms with van der Waals surface area (Å²) in [5, 5.41) is 0. The van der Waals surface area contributed by atoms with Crippen molar-refractivity contribution in [2.45, 2.75) is 52.1 Å². The lowest BCUT2D eigenvalue weighted by Gasteiger charge is -2.21. The van der Waals surface area contributed by atoms with Crippen LogP contribution in [-0.2, 0) is 0 Å². The summed E-state index contributed by atoms with van der Waals surface area (Å²) in [6.07, 6.45) is 9.97. The van der Waals surface area contributed by atoms with Crippen LogP contribution in [0.3, 0.4) is 0 Å². The Labute approximate surface area is 91.9 Å². The van der Waals surface area contributed by atoms with Crippen molar-refractivity contribution in [3.05, 3.63) is 18.5 Å². The Morgan fingerprint density at radius 1 is 1.07 bits per heavy atom. The van der Waals surface area contributed by atoms with E-state index < -0.39 is 0 Å². The molecule has 1 aliphatic carbocycles. The lowest BCUT2D eigenvalue weighted by atomic mass is 9.98. The monoisotopic (exact) mass is 208 g/mol. The van der Waals surface area contributed by atoms with Crippen LogP contribution in [0, 0.1) is 0 Å². The normalized spacial score (nSPS) is 16.4. The van der Waals surface area contributed by atoms with Crippen molar-refractivity contribution in [3.8, 4) is 6.01 Å². The molecule has 1 aliphatic rings. The molecule has 0 N–H and O–H groups in total. The summed E-state index contributed by atoms with van der Waals surface area (Å²) in [6.45, 7) is 4.00. The van der Waals surface area contributed by atoms with E-state index in [0.717, 1.165) is 12.8 Å². The van der Waals surface area contributed by atoms with Crippen LogP contribution in [0.4, 0.5) is 0 Å². The third-order valence-electron chi connectivity index (χ3n) is 2.37. The highest BCUT2D eigenvalue weighted by molar-refractivity contribution is 4.94. The second-order valence-electron chi connectivity index (χ2n) is 3.41. The first-order valence-corrected chi connectivity index (χ1v) is 5.89. The van der Waals surface area contributed by atoms with Crippen LogP contribution < -0.4 is 4.74 Å². The fourth-order valence-corrected chi connectivity index (χ4v) is 1.68. The van der Waals surface area contributed by atoms with Gasteiger partial charge in [0.2, 0.25) is 0 Å². The van der Waals surface area contributed by atoms with Gasteiger partial charge >= 0.3 is 6.01 Å². The molecule has 0 bridgehead atoms. The Morgan fingerprint density at radius 2 is 1.67 bits per heavy atom. The van der Waals surface area contributed by atoms with Gasteiger partial charge in [0.1, 0.15) is 6.10 Å². The summed E-state index contributed by atoms with van der Waals surface area (Å²) >= 11 is 0. The van der Waals surface area contributed by atoms with E-state index in [9.17, 15) is 0 Å². The number of hydrogen-bond acceptors (Lipinski definition) is 3. The number of nitrogens with zero attached hydrogens (tertiary/aromatic N) is 2. The van der Waals surface area contributed by atoms with Crippen molar-refractivity contribution < 1.29 is 4.74 Å². The van der Waals surface area contributed by atoms with E-state index in [-0.39, 0.29) is 0 Å². The minimum Gasteiger partial charge on any atom is -0.460 e. The summed E-state index contributed by atoms with van der Waals surface area (Å²) in [5.41, 5.74) is 0. The van der Waals surface area contributed by atoms with Gasteiger partial charge in [0.15, 0.2) is 0 Å². The zero-order valence-electron chi connectivity index (χ0n) is 9.65. The van der Waals surface area contributed by atoms with Gasteiger partial charge < -0.3 is 4.74 Å². The van der Waals surface area contributed by atoms with Crippen LogP contribution >= 0.6 is 0 Å². The maximum Gasteiger partial charge on any atom is 0.316 e. The lowest BCUT2D eigenvalue weighted by molar-refractivity contribution is 0.142. The van der Waals surface area contributed by atoms with E-state index in [1.165, 1.54) is 19.3 Å². The minimum atomic E-state index is 0.344. The van der Waals surface area contributed by atoms with Crippen molar-refractivity contribution in [1.82, 2.24) is 9.97 Å². The van der Waals surface area contributed by atoms with Crippen LogP contribution in [0.5, 0.6) is 6.01 Å². The molecule has 15 heavy (non-hydrogen) atoms. The molecule has 1 aromatic rings. The molecule has 2 rings (SSSR count). The van der Waals surface area contributed by atoms with Gasteiger partial charge in [0, 0.05) is 12.4 Å². The van der Waals surface area contributed by atoms with Crippen LogP contribution in [0.1, 0.15) is 46.0 Å². The van der Waals surface area contributed by atoms with E-state index in [1.807, 2.05) is 13.8 Å². The largest absolute Gasteiger partial charge is 0.460 e. The average Bonchev–Trinajstić information content (AvgIpc) is 2.34. The Balaban J connectivity index is 0.000000531. The standard InChI is InChI=1S/C10H14N2O.C2H6/c1-2-5-9(6-3-1)13-10-11-7-4-8-12-10;1-2/h4,7-9H,1-3,5-6H2;1-2H3. The molecule has 1 aromatic heterocycles. The van der Waals surface area contributed by atoms with Gasteiger partial charge in [-0.25, -0.2) is 9.97 Å². The van der Waals surface area contributed by atoms with Crippen LogP contribution in [0.25, 0.3) is 0 Å². The molecule has 3 nitrogen and oxygen atoms in total. The zero-order chi connectivity index (χ0) is 10.9. The van der Waals surface area contributed by atoms with Crippen molar-refractivity contribution in [2.24, 2.45) is 0 Å². The first-order chi connectivity index (χ1) is 7.45. The minimum absolute atomic E-state index is 0.344. The second-order valence-corrected chi connectivity index (χ2v) is 3.41. The lowest BCUT2D eigenvalue weighted by Crippen LogP contribution is -2.20. The molecule has 1 saturated carbocycles. The quantitative estimate of drug-likeness (QED) is 0.748.